The Balaban J connectivity index is 3.19. The first-order chi connectivity index (χ1) is 5.24. The molecule has 0 radical (unpaired) electrons. The zero-order valence-electron chi connectivity index (χ0n) is 6.16. The summed E-state index contributed by atoms with van der Waals surface area (Å²) in [5.74, 6) is 0.350. The van der Waals surface area contributed by atoms with Crippen LogP contribution in [0.25, 0.3) is 6.08 Å². The van der Waals surface area contributed by atoms with Gasteiger partial charge in [0.15, 0.2) is 0 Å². The van der Waals surface area contributed by atoms with Gasteiger partial charge in [-0.25, -0.2) is 9.78 Å². The molecule has 0 aliphatic rings. The lowest BCUT2D eigenvalue weighted by Crippen LogP contribution is -2.12. The number of nitrogens with one attached hydrogen (secondary N) is 1. The van der Waals surface area contributed by atoms with Gasteiger partial charge in [-0.1, -0.05) is 12.2 Å². The van der Waals surface area contributed by atoms with Gasteiger partial charge in [-0.05, 0) is 6.92 Å². The quantitative estimate of drug-likeness (QED) is 0.609. The van der Waals surface area contributed by atoms with Crippen molar-refractivity contribution in [2.24, 2.45) is 0 Å². The Labute approximate surface area is 63.8 Å². The van der Waals surface area contributed by atoms with Crippen molar-refractivity contribution in [1.82, 2.24) is 9.97 Å². The normalized spacial score (nSPS) is 10.6. The van der Waals surface area contributed by atoms with Crippen LogP contribution in [0.5, 0.6) is 0 Å². The number of aromatic amines is 1. The SMILES string of the molecule is CC=Cc1cnc(=O)[nH]c1N. The Morgan fingerprint density at radius 1 is 1.73 bits per heavy atom. The Bertz CT molecular complexity index is 327. The number of nitrogens with two attached hydrogens (primary N) is 1. The molecule has 0 unspecified atom stereocenters. The first-order valence-corrected chi connectivity index (χ1v) is 3.21. The molecule has 0 saturated heterocycles. The molecule has 4 heteroatoms. The van der Waals surface area contributed by atoms with Gasteiger partial charge in [0.05, 0.1) is 0 Å². The molecule has 4 nitrogen and oxygen atoms in total. The number of hydrogen-bond acceptors (Lipinski definition) is 3. The Morgan fingerprint density at radius 2 is 2.45 bits per heavy atom. The monoisotopic (exact) mass is 151 g/mol. The van der Waals surface area contributed by atoms with Crippen LogP contribution in [0.15, 0.2) is 17.1 Å². The fraction of sp³-hybridized carbons (Fsp3) is 0.143. The van der Waals surface area contributed by atoms with E-state index in [1.807, 2.05) is 13.0 Å². The van der Waals surface area contributed by atoms with Crippen molar-refractivity contribution in [3.63, 3.8) is 0 Å². The highest BCUT2D eigenvalue weighted by Crippen LogP contribution is 2.04. The van der Waals surface area contributed by atoms with Crippen LogP contribution in [0.3, 0.4) is 0 Å². The number of H-pyrrole nitrogens is 1. The van der Waals surface area contributed by atoms with Gasteiger partial charge in [-0.3, -0.25) is 4.98 Å². The summed E-state index contributed by atoms with van der Waals surface area (Å²) in [6.45, 7) is 1.87. The molecule has 0 aromatic carbocycles. The predicted octanol–water partition coefficient (Wildman–Crippen LogP) is 0.385. The third-order valence-electron chi connectivity index (χ3n) is 1.22. The van der Waals surface area contributed by atoms with Crippen molar-refractivity contribution in [2.45, 2.75) is 6.92 Å². The second kappa shape index (κ2) is 3.01. The van der Waals surface area contributed by atoms with E-state index in [0.717, 1.165) is 5.56 Å². The second-order valence-corrected chi connectivity index (χ2v) is 2.06. The minimum atomic E-state index is -0.421. The van der Waals surface area contributed by atoms with E-state index in [1.165, 1.54) is 6.20 Å². The number of allylic oxidation sites excluding steroid dienone is 1. The molecule has 58 valence electrons. The maximum atomic E-state index is 10.6. The van der Waals surface area contributed by atoms with Crippen LogP contribution in [0, 0.1) is 0 Å². The third kappa shape index (κ3) is 1.67. The van der Waals surface area contributed by atoms with Crippen molar-refractivity contribution in [2.75, 3.05) is 5.73 Å². The molecule has 0 aliphatic heterocycles. The summed E-state index contributed by atoms with van der Waals surface area (Å²) in [6.07, 6.45) is 5.04. The van der Waals surface area contributed by atoms with Gasteiger partial charge in [0.25, 0.3) is 0 Å². The lowest BCUT2D eigenvalue weighted by molar-refractivity contribution is 1.08. The Hall–Kier alpha value is -1.58. The first-order valence-electron chi connectivity index (χ1n) is 3.21. The fourth-order valence-electron chi connectivity index (χ4n) is 0.730. The molecular formula is C7H9N3O. The molecule has 0 saturated carbocycles. The van der Waals surface area contributed by atoms with Gasteiger partial charge in [0.1, 0.15) is 5.82 Å². The largest absolute Gasteiger partial charge is 0.385 e. The van der Waals surface area contributed by atoms with Gasteiger partial charge in [-0.15, -0.1) is 0 Å². The summed E-state index contributed by atoms with van der Waals surface area (Å²) in [7, 11) is 0. The minimum Gasteiger partial charge on any atom is -0.385 e. The van der Waals surface area contributed by atoms with Crippen LogP contribution in [-0.2, 0) is 0 Å². The zero-order chi connectivity index (χ0) is 8.27. The topological polar surface area (TPSA) is 71.8 Å². The molecule has 11 heavy (non-hydrogen) atoms. The maximum absolute atomic E-state index is 10.6. The number of aromatic nitrogens is 2. The van der Waals surface area contributed by atoms with E-state index in [9.17, 15) is 4.79 Å². The average Bonchev–Trinajstić information content (AvgIpc) is 1.95. The summed E-state index contributed by atoms with van der Waals surface area (Å²) >= 11 is 0. The molecule has 0 spiro atoms. The van der Waals surface area contributed by atoms with Crippen molar-refractivity contribution < 1.29 is 0 Å². The van der Waals surface area contributed by atoms with Crippen molar-refractivity contribution in [3.8, 4) is 0 Å². The second-order valence-electron chi connectivity index (χ2n) is 2.06. The lowest BCUT2D eigenvalue weighted by Gasteiger charge is -1.95. The average molecular weight is 151 g/mol. The zero-order valence-corrected chi connectivity index (χ0v) is 6.16. The van der Waals surface area contributed by atoms with Gasteiger partial charge in [-0.2, -0.15) is 0 Å². The number of nitrogens with zero attached hydrogens (tertiary/aromatic N) is 1. The number of anilines is 1. The summed E-state index contributed by atoms with van der Waals surface area (Å²) in [4.78, 5) is 16.5. The molecule has 0 amide bonds. The van der Waals surface area contributed by atoms with E-state index >= 15 is 0 Å². The highest BCUT2D eigenvalue weighted by molar-refractivity contribution is 5.58. The lowest BCUT2D eigenvalue weighted by atomic mass is 10.3. The molecule has 0 bridgehead atoms. The standard InChI is InChI=1S/C7H9N3O/c1-2-3-5-4-9-7(11)10-6(5)8/h2-4H,1H3,(H3,8,9,10,11). The molecule has 0 atom stereocenters. The number of nitrogen functional groups attached to an aromatic ring is 1. The molecule has 1 rings (SSSR count). The van der Waals surface area contributed by atoms with E-state index in [2.05, 4.69) is 9.97 Å². The van der Waals surface area contributed by atoms with E-state index < -0.39 is 5.69 Å². The van der Waals surface area contributed by atoms with Gasteiger partial charge in [0.2, 0.25) is 0 Å². The molecular weight excluding hydrogens is 142 g/mol. The molecule has 1 heterocycles. The van der Waals surface area contributed by atoms with Crippen LogP contribution in [0.1, 0.15) is 12.5 Å². The molecule has 3 N–H and O–H groups in total. The van der Waals surface area contributed by atoms with Crippen molar-refractivity contribution >= 4 is 11.9 Å². The van der Waals surface area contributed by atoms with Crippen LogP contribution in [-0.4, -0.2) is 9.97 Å². The molecule has 1 aromatic rings. The Morgan fingerprint density at radius 3 is 3.00 bits per heavy atom. The number of rotatable bonds is 1. The summed E-state index contributed by atoms with van der Waals surface area (Å²) in [5.41, 5.74) is 5.77. The first kappa shape index (κ1) is 7.53. The highest BCUT2D eigenvalue weighted by atomic mass is 16.1. The number of hydrogen-bond donors (Lipinski definition) is 2. The molecule has 0 aliphatic carbocycles. The summed E-state index contributed by atoms with van der Waals surface area (Å²) in [5, 5.41) is 0. The van der Waals surface area contributed by atoms with Gasteiger partial charge in [0, 0.05) is 11.8 Å². The van der Waals surface area contributed by atoms with E-state index in [0.29, 0.717) is 5.82 Å². The van der Waals surface area contributed by atoms with Crippen LogP contribution in [0.2, 0.25) is 0 Å². The fourth-order valence-corrected chi connectivity index (χ4v) is 0.730. The minimum absolute atomic E-state index is 0.350. The summed E-state index contributed by atoms with van der Waals surface area (Å²) in [6, 6.07) is 0. The third-order valence-corrected chi connectivity index (χ3v) is 1.22. The van der Waals surface area contributed by atoms with Crippen molar-refractivity contribution in [1.29, 1.82) is 0 Å². The van der Waals surface area contributed by atoms with E-state index in [4.69, 9.17) is 5.73 Å². The highest BCUT2D eigenvalue weighted by Gasteiger charge is 1.94. The predicted molar refractivity (Wildman–Crippen MR) is 44.0 cm³/mol. The summed E-state index contributed by atoms with van der Waals surface area (Å²) < 4.78 is 0. The van der Waals surface area contributed by atoms with E-state index in [-0.39, 0.29) is 0 Å². The smallest absolute Gasteiger partial charge is 0.346 e. The van der Waals surface area contributed by atoms with Gasteiger partial charge >= 0.3 is 5.69 Å². The molecule has 1 aromatic heterocycles. The Kier molecular flexibility index (Phi) is 2.06. The van der Waals surface area contributed by atoms with Gasteiger partial charge < -0.3 is 5.73 Å². The van der Waals surface area contributed by atoms with Crippen molar-refractivity contribution in [3.05, 3.63) is 28.3 Å². The van der Waals surface area contributed by atoms with E-state index in [1.54, 1.807) is 6.08 Å². The van der Waals surface area contributed by atoms with Crippen LogP contribution < -0.4 is 11.4 Å². The maximum Gasteiger partial charge on any atom is 0.346 e. The van der Waals surface area contributed by atoms with Crippen LogP contribution >= 0.6 is 0 Å². The van der Waals surface area contributed by atoms with Crippen LogP contribution in [0.4, 0.5) is 5.82 Å². The molecule has 0 fully saturated rings.